The zero-order valence-corrected chi connectivity index (χ0v) is 10.8. The van der Waals surface area contributed by atoms with E-state index >= 15 is 0 Å². The van der Waals surface area contributed by atoms with Gasteiger partial charge in [0.15, 0.2) is 0 Å². The van der Waals surface area contributed by atoms with E-state index in [-0.39, 0.29) is 0 Å². The maximum absolute atomic E-state index is 3.72. The second-order valence-electron chi connectivity index (χ2n) is 5.39. The summed E-state index contributed by atoms with van der Waals surface area (Å²) in [4.78, 5) is 1.56. The number of rotatable bonds is 4. The van der Waals surface area contributed by atoms with Crippen LogP contribution in [0.25, 0.3) is 0 Å². The summed E-state index contributed by atoms with van der Waals surface area (Å²) in [6.07, 6.45) is 5.98. The van der Waals surface area contributed by atoms with Gasteiger partial charge in [0.25, 0.3) is 0 Å². The zero-order chi connectivity index (χ0) is 11.0. The second-order valence-corrected chi connectivity index (χ2v) is 6.37. The van der Waals surface area contributed by atoms with Gasteiger partial charge in [0.1, 0.15) is 0 Å². The first-order valence-electron chi connectivity index (χ1n) is 6.65. The zero-order valence-electron chi connectivity index (χ0n) is 9.99. The fraction of sp³-hybridized carbons (Fsp3) is 0.714. The van der Waals surface area contributed by atoms with Gasteiger partial charge in [-0.05, 0) is 55.0 Å². The van der Waals surface area contributed by atoms with Crippen molar-refractivity contribution in [1.82, 2.24) is 5.32 Å². The highest BCUT2D eigenvalue weighted by Gasteiger charge is 2.43. The quantitative estimate of drug-likeness (QED) is 0.836. The Labute approximate surface area is 102 Å². The van der Waals surface area contributed by atoms with Crippen LogP contribution in [0, 0.1) is 17.8 Å². The monoisotopic (exact) mass is 235 g/mol. The Kier molecular flexibility index (Phi) is 3.03. The third-order valence-corrected chi connectivity index (χ3v) is 5.45. The Morgan fingerprint density at radius 3 is 2.94 bits per heavy atom. The molecule has 2 bridgehead atoms. The van der Waals surface area contributed by atoms with Gasteiger partial charge >= 0.3 is 0 Å². The molecule has 4 unspecified atom stereocenters. The third kappa shape index (κ3) is 1.82. The molecule has 2 aliphatic rings. The van der Waals surface area contributed by atoms with Crippen molar-refractivity contribution in [3.05, 3.63) is 22.4 Å². The number of thiophene rings is 1. The van der Waals surface area contributed by atoms with Crippen LogP contribution in [-0.2, 0) is 0 Å². The number of fused-ring (bicyclic) bond motifs is 2. The second kappa shape index (κ2) is 4.50. The minimum absolute atomic E-state index is 0.639. The van der Waals surface area contributed by atoms with Crippen molar-refractivity contribution in [1.29, 1.82) is 0 Å². The minimum atomic E-state index is 0.639. The molecule has 4 atom stereocenters. The molecule has 2 saturated carbocycles. The van der Waals surface area contributed by atoms with Crippen molar-refractivity contribution >= 4 is 11.3 Å². The first-order valence-corrected chi connectivity index (χ1v) is 7.53. The molecule has 0 amide bonds. The lowest BCUT2D eigenvalue weighted by molar-refractivity contribution is 0.256. The van der Waals surface area contributed by atoms with Crippen molar-refractivity contribution in [3.8, 4) is 0 Å². The largest absolute Gasteiger partial charge is 0.309 e. The van der Waals surface area contributed by atoms with Crippen LogP contribution in [-0.4, -0.2) is 6.54 Å². The fourth-order valence-corrected chi connectivity index (χ4v) is 4.73. The van der Waals surface area contributed by atoms with E-state index < -0.39 is 0 Å². The molecule has 1 aromatic rings. The topological polar surface area (TPSA) is 12.0 Å². The normalized spacial score (nSPS) is 34.4. The number of hydrogen-bond acceptors (Lipinski definition) is 2. The van der Waals surface area contributed by atoms with Gasteiger partial charge in [-0.3, -0.25) is 0 Å². The average molecular weight is 235 g/mol. The molecule has 1 N–H and O–H groups in total. The van der Waals surface area contributed by atoms with Gasteiger partial charge in [0.2, 0.25) is 0 Å². The lowest BCUT2D eigenvalue weighted by Crippen LogP contribution is -2.30. The predicted molar refractivity (Wildman–Crippen MR) is 69.7 cm³/mol. The highest BCUT2D eigenvalue weighted by molar-refractivity contribution is 7.10. The summed E-state index contributed by atoms with van der Waals surface area (Å²) in [5, 5.41) is 5.94. The summed E-state index contributed by atoms with van der Waals surface area (Å²) in [5.41, 5.74) is 0. The molecule has 16 heavy (non-hydrogen) atoms. The summed E-state index contributed by atoms with van der Waals surface area (Å²) in [5.74, 6) is 2.98. The van der Waals surface area contributed by atoms with Crippen molar-refractivity contribution in [2.24, 2.45) is 17.8 Å². The highest BCUT2D eigenvalue weighted by Crippen LogP contribution is 2.52. The Bertz CT molecular complexity index is 333. The van der Waals surface area contributed by atoms with Crippen molar-refractivity contribution in [3.63, 3.8) is 0 Å². The third-order valence-electron chi connectivity index (χ3n) is 4.49. The summed E-state index contributed by atoms with van der Waals surface area (Å²) < 4.78 is 0. The summed E-state index contributed by atoms with van der Waals surface area (Å²) >= 11 is 1.92. The van der Waals surface area contributed by atoms with Crippen LogP contribution in [0.3, 0.4) is 0 Å². The van der Waals surface area contributed by atoms with Gasteiger partial charge in [0.05, 0.1) is 0 Å². The average Bonchev–Trinajstić information content (AvgIpc) is 3.01. The van der Waals surface area contributed by atoms with E-state index in [1.165, 1.54) is 25.7 Å². The van der Waals surface area contributed by atoms with E-state index in [1.807, 2.05) is 11.3 Å². The SMILES string of the molecule is CCNC(c1cccs1)C1CC2CCC1C2. The minimum Gasteiger partial charge on any atom is -0.309 e. The van der Waals surface area contributed by atoms with Crippen LogP contribution in [0.4, 0.5) is 0 Å². The molecular formula is C14H21NS. The standard InChI is InChI=1S/C14H21NS/c1-2-15-14(13-4-3-7-16-13)12-9-10-5-6-11(12)8-10/h3-4,7,10-12,14-15H,2,5-6,8-9H2,1H3. The van der Waals surface area contributed by atoms with Gasteiger partial charge in [-0.15, -0.1) is 11.3 Å². The van der Waals surface area contributed by atoms with Gasteiger partial charge in [-0.1, -0.05) is 19.4 Å². The molecule has 0 saturated heterocycles. The molecule has 3 rings (SSSR count). The van der Waals surface area contributed by atoms with Crippen molar-refractivity contribution < 1.29 is 0 Å². The predicted octanol–water partition coefficient (Wildman–Crippen LogP) is 3.83. The first kappa shape index (κ1) is 10.8. The summed E-state index contributed by atoms with van der Waals surface area (Å²) in [6, 6.07) is 5.14. The molecule has 1 nitrogen and oxygen atoms in total. The van der Waals surface area contributed by atoms with Crippen LogP contribution in [0.15, 0.2) is 17.5 Å². The smallest absolute Gasteiger partial charge is 0.0446 e. The van der Waals surface area contributed by atoms with E-state index in [2.05, 4.69) is 29.8 Å². The van der Waals surface area contributed by atoms with Crippen molar-refractivity contribution in [2.75, 3.05) is 6.54 Å². The van der Waals surface area contributed by atoms with E-state index in [1.54, 1.807) is 4.88 Å². The van der Waals surface area contributed by atoms with E-state index in [0.29, 0.717) is 6.04 Å². The summed E-state index contributed by atoms with van der Waals surface area (Å²) in [6.45, 7) is 3.32. The molecule has 2 heteroatoms. The van der Waals surface area contributed by atoms with Gasteiger partial charge in [-0.2, -0.15) is 0 Å². The molecule has 88 valence electrons. The van der Waals surface area contributed by atoms with E-state index in [4.69, 9.17) is 0 Å². The van der Waals surface area contributed by atoms with Crippen LogP contribution in [0.5, 0.6) is 0 Å². The number of hydrogen-bond donors (Lipinski definition) is 1. The lowest BCUT2D eigenvalue weighted by Gasteiger charge is -2.30. The molecule has 0 spiro atoms. The van der Waals surface area contributed by atoms with Crippen LogP contribution < -0.4 is 5.32 Å². The molecule has 2 fully saturated rings. The summed E-state index contributed by atoms with van der Waals surface area (Å²) in [7, 11) is 0. The van der Waals surface area contributed by atoms with Gasteiger partial charge < -0.3 is 5.32 Å². The maximum Gasteiger partial charge on any atom is 0.0446 e. The van der Waals surface area contributed by atoms with Crippen molar-refractivity contribution in [2.45, 2.75) is 38.6 Å². The molecule has 1 heterocycles. The molecule has 0 radical (unpaired) electrons. The Morgan fingerprint density at radius 1 is 1.44 bits per heavy atom. The number of nitrogens with one attached hydrogen (secondary N) is 1. The van der Waals surface area contributed by atoms with E-state index in [9.17, 15) is 0 Å². The molecule has 1 aromatic heterocycles. The fourth-order valence-electron chi connectivity index (χ4n) is 3.85. The van der Waals surface area contributed by atoms with Crippen LogP contribution >= 0.6 is 11.3 Å². The van der Waals surface area contributed by atoms with Gasteiger partial charge in [-0.25, -0.2) is 0 Å². The Morgan fingerprint density at radius 2 is 2.38 bits per heavy atom. The molecule has 0 aromatic carbocycles. The Hall–Kier alpha value is -0.340. The first-order chi connectivity index (χ1) is 7.88. The van der Waals surface area contributed by atoms with E-state index in [0.717, 1.165) is 24.3 Å². The highest BCUT2D eigenvalue weighted by atomic mass is 32.1. The Balaban J connectivity index is 1.78. The van der Waals surface area contributed by atoms with Crippen LogP contribution in [0.1, 0.15) is 43.5 Å². The molecule has 0 aliphatic heterocycles. The van der Waals surface area contributed by atoms with Gasteiger partial charge in [0, 0.05) is 10.9 Å². The maximum atomic E-state index is 3.72. The molecule has 2 aliphatic carbocycles. The lowest BCUT2D eigenvalue weighted by atomic mass is 9.82. The van der Waals surface area contributed by atoms with Crippen LogP contribution in [0.2, 0.25) is 0 Å². The molecular weight excluding hydrogens is 214 g/mol.